The number of ether oxygens (including phenoxy) is 1. The van der Waals surface area contributed by atoms with Gasteiger partial charge in [-0.2, -0.15) is 0 Å². The molecule has 0 saturated carbocycles. The molecule has 0 bridgehead atoms. The third-order valence-corrected chi connectivity index (χ3v) is 6.42. The highest BCUT2D eigenvalue weighted by Gasteiger charge is 2.34. The molecule has 1 heterocycles. The fourth-order valence-electron chi connectivity index (χ4n) is 3.36. The number of benzene rings is 3. The molecule has 0 unspecified atom stereocenters. The number of rotatable bonds is 7. The number of carbonyl (C=O) groups excluding carboxylic acids is 3. The van der Waals surface area contributed by atoms with Crippen molar-refractivity contribution >= 4 is 63.8 Å². The monoisotopic (exact) mass is 601 g/mol. The molecule has 1 saturated heterocycles. The van der Waals surface area contributed by atoms with Crippen LogP contribution in [0.3, 0.4) is 0 Å². The van der Waals surface area contributed by atoms with Gasteiger partial charge in [-0.25, -0.2) is 9.69 Å². The highest BCUT2D eigenvalue weighted by atomic mass is 127. The van der Waals surface area contributed by atoms with E-state index < -0.39 is 17.8 Å². The van der Waals surface area contributed by atoms with E-state index in [4.69, 9.17) is 16.3 Å². The molecule has 7 nitrogen and oxygen atoms in total. The minimum atomic E-state index is -0.644. The number of halogens is 2. The maximum Gasteiger partial charge on any atom is 0.329 e. The Kier molecular flexibility index (Phi) is 7.72. The largest absolute Gasteiger partial charge is 0.488 e. The lowest BCUT2D eigenvalue weighted by Gasteiger charge is -2.12. The minimum absolute atomic E-state index is 0.0960. The Bertz CT molecular complexity index is 1320. The van der Waals surface area contributed by atoms with Crippen molar-refractivity contribution in [1.29, 1.82) is 0 Å². The minimum Gasteiger partial charge on any atom is -0.488 e. The second-order valence-electron chi connectivity index (χ2n) is 7.86. The summed E-state index contributed by atoms with van der Waals surface area (Å²) in [5.74, 6) is -0.361. The van der Waals surface area contributed by atoms with E-state index in [1.807, 2.05) is 49.4 Å². The Morgan fingerprint density at radius 3 is 2.57 bits per heavy atom. The van der Waals surface area contributed by atoms with E-state index in [9.17, 15) is 14.4 Å². The van der Waals surface area contributed by atoms with Crippen LogP contribution < -0.4 is 15.4 Å². The zero-order valence-electron chi connectivity index (χ0n) is 18.7. The predicted octanol–water partition coefficient (Wildman–Crippen LogP) is 5.36. The SMILES string of the molecule is Cc1ccc(NC(=O)CN2C(=O)N/C(=C/c3ccc(OCc4ccccc4Cl)c(I)c3)C2=O)cc1. The summed E-state index contributed by atoms with van der Waals surface area (Å²) >= 11 is 8.32. The second-order valence-corrected chi connectivity index (χ2v) is 9.43. The lowest BCUT2D eigenvalue weighted by atomic mass is 10.2. The quantitative estimate of drug-likeness (QED) is 0.217. The van der Waals surface area contributed by atoms with E-state index in [-0.39, 0.29) is 12.2 Å². The number of nitrogens with one attached hydrogen (secondary N) is 2. The standard InChI is InChI=1S/C26H21ClIN3O4/c1-16-6-9-19(10-7-16)29-24(32)14-31-25(33)22(30-26(31)34)13-17-8-11-23(21(28)12-17)35-15-18-4-2-3-5-20(18)27/h2-13H,14-15H2,1H3,(H,29,32)(H,30,34)/b22-13+. The van der Waals surface area contributed by atoms with Crippen LogP contribution in [0.1, 0.15) is 16.7 Å². The van der Waals surface area contributed by atoms with Gasteiger partial charge in [0.15, 0.2) is 0 Å². The molecule has 1 aliphatic rings. The zero-order valence-corrected chi connectivity index (χ0v) is 21.6. The number of imide groups is 1. The number of urea groups is 1. The number of anilines is 1. The van der Waals surface area contributed by atoms with E-state index in [1.165, 1.54) is 0 Å². The Morgan fingerprint density at radius 2 is 1.86 bits per heavy atom. The van der Waals surface area contributed by atoms with Crippen LogP contribution in [0.25, 0.3) is 6.08 Å². The van der Waals surface area contributed by atoms with E-state index >= 15 is 0 Å². The smallest absolute Gasteiger partial charge is 0.329 e. The molecule has 178 valence electrons. The van der Waals surface area contributed by atoms with Gasteiger partial charge >= 0.3 is 6.03 Å². The van der Waals surface area contributed by atoms with Crippen LogP contribution in [-0.4, -0.2) is 29.3 Å². The summed E-state index contributed by atoms with van der Waals surface area (Å²) in [5, 5.41) is 5.86. The van der Waals surface area contributed by atoms with Gasteiger partial charge in [-0.3, -0.25) is 9.59 Å². The fourth-order valence-corrected chi connectivity index (χ4v) is 4.24. The first-order chi connectivity index (χ1) is 16.8. The number of hydrogen-bond donors (Lipinski definition) is 2. The van der Waals surface area contributed by atoms with Gasteiger partial charge in [0.2, 0.25) is 5.91 Å². The van der Waals surface area contributed by atoms with Crippen LogP contribution in [-0.2, 0) is 16.2 Å². The molecule has 4 rings (SSSR count). The molecule has 0 spiro atoms. The van der Waals surface area contributed by atoms with Crippen LogP contribution in [0.15, 0.2) is 72.4 Å². The molecule has 1 aliphatic heterocycles. The summed E-state index contributed by atoms with van der Waals surface area (Å²) in [6.45, 7) is 1.88. The first kappa shape index (κ1) is 24.7. The van der Waals surface area contributed by atoms with Crippen molar-refractivity contribution in [3.8, 4) is 5.75 Å². The average molecular weight is 602 g/mol. The Morgan fingerprint density at radius 1 is 1.11 bits per heavy atom. The summed E-state index contributed by atoms with van der Waals surface area (Å²) < 4.78 is 6.71. The van der Waals surface area contributed by atoms with Crippen LogP contribution >= 0.6 is 34.2 Å². The van der Waals surface area contributed by atoms with Crippen molar-refractivity contribution in [3.63, 3.8) is 0 Å². The van der Waals surface area contributed by atoms with Crippen molar-refractivity contribution in [2.24, 2.45) is 0 Å². The van der Waals surface area contributed by atoms with Gasteiger partial charge in [0.25, 0.3) is 5.91 Å². The first-order valence-corrected chi connectivity index (χ1v) is 12.1. The van der Waals surface area contributed by atoms with E-state index in [2.05, 4.69) is 33.2 Å². The molecule has 0 atom stereocenters. The highest BCUT2D eigenvalue weighted by molar-refractivity contribution is 14.1. The Balaban J connectivity index is 1.40. The number of aryl methyl sites for hydroxylation is 1. The summed E-state index contributed by atoms with van der Waals surface area (Å²) in [7, 11) is 0. The molecule has 4 amide bonds. The molecular weight excluding hydrogens is 581 g/mol. The van der Waals surface area contributed by atoms with Crippen LogP contribution in [0.5, 0.6) is 5.75 Å². The molecule has 35 heavy (non-hydrogen) atoms. The lowest BCUT2D eigenvalue weighted by Crippen LogP contribution is -2.38. The maximum absolute atomic E-state index is 12.8. The van der Waals surface area contributed by atoms with E-state index in [0.29, 0.717) is 28.6 Å². The summed E-state index contributed by atoms with van der Waals surface area (Å²) in [6.07, 6.45) is 1.57. The first-order valence-electron chi connectivity index (χ1n) is 10.7. The number of carbonyl (C=O) groups is 3. The predicted molar refractivity (Wildman–Crippen MR) is 143 cm³/mol. The van der Waals surface area contributed by atoms with Crippen molar-refractivity contribution in [2.45, 2.75) is 13.5 Å². The number of hydrogen-bond acceptors (Lipinski definition) is 4. The average Bonchev–Trinajstić information content (AvgIpc) is 3.08. The van der Waals surface area contributed by atoms with Gasteiger partial charge in [0.1, 0.15) is 24.6 Å². The zero-order chi connectivity index (χ0) is 24.9. The molecule has 1 fully saturated rings. The van der Waals surface area contributed by atoms with Crippen molar-refractivity contribution in [1.82, 2.24) is 10.2 Å². The normalized spacial score (nSPS) is 14.3. The second kappa shape index (κ2) is 10.9. The van der Waals surface area contributed by atoms with Gasteiger partial charge in [-0.05, 0) is 71.5 Å². The van der Waals surface area contributed by atoms with Gasteiger partial charge < -0.3 is 15.4 Å². The van der Waals surface area contributed by atoms with E-state index in [1.54, 1.807) is 30.3 Å². The van der Waals surface area contributed by atoms with Gasteiger partial charge in [0, 0.05) is 16.3 Å². The number of amides is 4. The molecule has 0 radical (unpaired) electrons. The molecule has 2 N–H and O–H groups in total. The van der Waals surface area contributed by atoms with Crippen LogP contribution in [0, 0.1) is 10.5 Å². The lowest BCUT2D eigenvalue weighted by molar-refractivity contribution is -0.127. The van der Waals surface area contributed by atoms with Crippen molar-refractivity contribution < 1.29 is 19.1 Å². The highest BCUT2D eigenvalue weighted by Crippen LogP contribution is 2.26. The van der Waals surface area contributed by atoms with Crippen LogP contribution in [0.2, 0.25) is 5.02 Å². The Hall–Kier alpha value is -3.37. The van der Waals surface area contributed by atoms with E-state index in [0.717, 1.165) is 19.6 Å². The van der Waals surface area contributed by atoms with Gasteiger partial charge in [-0.1, -0.05) is 53.6 Å². The molecule has 9 heteroatoms. The number of nitrogens with zero attached hydrogens (tertiary/aromatic N) is 1. The van der Waals surface area contributed by atoms with Gasteiger partial charge in [0.05, 0.1) is 3.57 Å². The summed E-state index contributed by atoms with van der Waals surface area (Å²) in [6, 6.07) is 19.5. The molecule has 3 aromatic carbocycles. The van der Waals surface area contributed by atoms with Crippen molar-refractivity contribution in [2.75, 3.05) is 11.9 Å². The third-order valence-electron chi connectivity index (χ3n) is 5.21. The summed E-state index contributed by atoms with van der Waals surface area (Å²) in [5.41, 5.74) is 3.33. The summed E-state index contributed by atoms with van der Waals surface area (Å²) in [4.78, 5) is 38.3. The van der Waals surface area contributed by atoms with Crippen molar-refractivity contribution in [3.05, 3.63) is 97.7 Å². The molecular formula is C26H21ClIN3O4. The third kappa shape index (κ3) is 6.20. The van der Waals surface area contributed by atoms with Gasteiger partial charge in [-0.15, -0.1) is 0 Å². The topological polar surface area (TPSA) is 87.7 Å². The fraction of sp³-hybridized carbons (Fsp3) is 0.115. The molecule has 3 aromatic rings. The maximum atomic E-state index is 12.8. The Labute approximate surface area is 221 Å². The molecule has 0 aromatic heterocycles. The van der Waals surface area contributed by atoms with Crippen LogP contribution in [0.4, 0.5) is 10.5 Å². The molecule has 0 aliphatic carbocycles.